The lowest BCUT2D eigenvalue weighted by molar-refractivity contribution is -0.0265. The molecular formula is C25H43NO5. The SMILES string of the molecule is CCCCCCCCCCCCCC[C@@H](O)[C@@H](O)[C@@H](N)C(O)C(=O)c1ccccc1O. The first-order chi connectivity index (χ1) is 14.9. The largest absolute Gasteiger partial charge is 0.507 e. The van der Waals surface area contributed by atoms with Crippen LogP contribution in [-0.4, -0.2) is 50.6 Å². The van der Waals surface area contributed by atoms with Crippen molar-refractivity contribution in [3.63, 3.8) is 0 Å². The smallest absolute Gasteiger partial charge is 0.196 e. The second-order valence-corrected chi connectivity index (χ2v) is 8.64. The molecule has 6 nitrogen and oxygen atoms in total. The number of hydrogen-bond donors (Lipinski definition) is 5. The maximum absolute atomic E-state index is 12.3. The monoisotopic (exact) mass is 437 g/mol. The van der Waals surface area contributed by atoms with Crippen LogP contribution in [0.5, 0.6) is 5.75 Å². The molecule has 0 aliphatic heterocycles. The van der Waals surface area contributed by atoms with E-state index in [0.29, 0.717) is 6.42 Å². The van der Waals surface area contributed by atoms with E-state index in [2.05, 4.69) is 6.92 Å². The number of Topliss-reactive ketones (excluding diaryl/α,β-unsaturated/α-hetero) is 1. The summed E-state index contributed by atoms with van der Waals surface area (Å²) in [4.78, 5) is 12.3. The molecule has 0 amide bonds. The van der Waals surface area contributed by atoms with Crippen molar-refractivity contribution in [2.45, 2.75) is 115 Å². The van der Waals surface area contributed by atoms with Crippen molar-refractivity contribution in [1.29, 1.82) is 0 Å². The zero-order valence-corrected chi connectivity index (χ0v) is 19.1. The van der Waals surface area contributed by atoms with Crippen LogP contribution < -0.4 is 5.73 Å². The third-order valence-electron chi connectivity index (χ3n) is 5.94. The van der Waals surface area contributed by atoms with Gasteiger partial charge in [-0.15, -0.1) is 0 Å². The summed E-state index contributed by atoms with van der Waals surface area (Å²) in [5.41, 5.74) is 5.76. The van der Waals surface area contributed by atoms with E-state index in [-0.39, 0.29) is 11.3 Å². The zero-order valence-electron chi connectivity index (χ0n) is 19.1. The highest BCUT2D eigenvalue weighted by atomic mass is 16.3. The van der Waals surface area contributed by atoms with Gasteiger partial charge in [0.25, 0.3) is 0 Å². The summed E-state index contributed by atoms with van der Waals surface area (Å²) in [7, 11) is 0. The summed E-state index contributed by atoms with van der Waals surface area (Å²) in [6.07, 6.45) is 10.6. The van der Waals surface area contributed by atoms with E-state index in [9.17, 15) is 25.2 Å². The number of carbonyl (C=O) groups excluding carboxylic acids is 1. The Balaban J connectivity index is 2.19. The highest BCUT2D eigenvalue weighted by molar-refractivity contribution is 6.02. The second-order valence-electron chi connectivity index (χ2n) is 8.64. The molecule has 1 aromatic rings. The first kappa shape index (κ1) is 27.6. The normalized spacial score (nSPS) is 15.4. The molecular weight excluding hydrogens is 394 g/mol. The average Bonchev–Trinajstić information content (AvgIpc) is 2.78. The molecule has 0 aliphatic carbocycles. The van der Waals surface area contributed by atoms with Crippen LogP contribution in [0.25, 0.3) is 0 Å². The fraction of sp³-hybridized carbons (Fsp3) is 0.720. The van der Waals surface area contributed by atoms with Gasteiger partial charge in [0.2, 0.25) is 0 Å². The van der Waals surface area contributed by atoms with Gasteiger partial charge < -0.3 is 26.2 Å². The van der Waals surface area contributed by atoms with Gasteiger partial charge in [0.05, 0.1) is 23.8 Å². The van der Waals surface area contributed by atoms with E-state index >= 15 is 0 Å². The lowest BCUT2D eigenvalue weighted by Gasteiger charge is -2.27. The van der Waals surface area contributed by atoms with E-state index in [1.807, 2.05) is 0 Å². The van der Waals surface area contributed by atoms with Crippen LogP contribution in [0, 0.1) is 0 Å². The molecule has 0 heterocycles. The Kier molecular flexibility index (Phi) is 14.4. The van der Waals surface area contributed by atoms with Crippen LogP contribution in [-0.2, 0) is 0 Å². The highest BCUT2D eigenvalue weighted by Crippen LogP contribution is 2.20. The molecule has 0 bridgehead atoms. The summed E-state index contributed by atoms with van der Waals surface area (Å²) in [5.74, 6) is -1.03. The van der Waals surface area contributed by atoms with Crippen molar-refractivity contribution in [2.24, 2.45) is 5.73 Å². The lowest BCUT2D eigenvalue weighted by atomic mass is 9.92. The summed E-state index contributed by atoms with van der Waals surface area (Å²) in [6.45, 7) is 2.23. The van der Waals surface area contributed by atoms with Gasteiger partial charge in [-0.2, -0.15) is 0 Å². The van der Waals surface area contributed by atoms with Gasteiger partial charge in [0, 0.05) is 0 Å². The molecule has 1 rings (SSSR count). The number of aliphatic hydroxyl groups excluding tert-OH is 3. The molecule has 0 saturated carbocycles. The number of para-hydroxylation sites is 1. The number of rotatable bonds is 18. The van der Waals surface area contributed by atoms with Gasteiger partial charge in [-0.25, -0.2) is 0 Å². The summed E-state index contributed by atoms with van der Waals surface area (Å²) >= 11 is 0. The lowest BCUT2D eigenvalue weighted by Crippen LogP contribution is -2.53. The number of ketones is 1. The number of carbonyl (C=O) groups is 1. The molecule has 0 aliphatic rings. The molecule has 0 spiro atoms. The summed E-state index contributed by atoms with van der Waals surface area (Å²) in [6, 6.07) is 4.50. The van der Waals surface area contributed by atoms with E-state index in [4.69, 9.17) is 5.73 Å². The first-order valence-electron chi connectivity index (χ1n) is 12.0. The van der Waals surface area contributed by atoms with Crippen molar-refractivity contribution in [3.8, 4) is 5.75 Å². The van der Waals surface area contributed by atoms with Gasteiger partial charge >= 0.3 is 0 Å². The number of unbranched alkanes of at least 4 members (excludes halogenated alkanes) is 11. The Hall–Kier alpha value is -1.47. The van der Waals surface area contributed by atoms with E-state index in [1.54, 1.807) is 12.1 Å². The molecule has 1 unspecified atom stereocenters. The highest BCUT2D eigenvalue weighted by Gasteiger charge is 2.34. The predicted octanol–water partition coefficient (Wildman–Crippen LogP) is 4.08. The summed E-state index contributed by atoms with van der Waals surface area (Å²) < 4.78 is 0. The first-order valence-corrected chi connectivity index (χ1v) is 12.0. The van der Waals surface area contributed by atoms with Crippen LogP contribution in [0.2, 0.25) is 0 Å². The zero-order chi connectivity index (χ0) is 23.1. The number of nitrogens with two attached hydrogens (primary N) is 1. The average molecular weight is 438 g/mol. The van der Waals surface area contributed by atoms with Crippen LogP contribution in [0.3, 0.4) is 0 Å². The maximum Gasteiger partial charge on any atom is 0.196 e. The standard InChI is InChI=1S/C25H43NO5/c1-2-3-4-5-6-7-8-9-10-11-12-13-18-21(28)24(30)22(26)25(31)23(29)19-16-14-15-17-20(19)27/h14-17,21-22,24-25,27-28,30-31H,2-13,18,26H2,1H3/t21-,22-,24-,25?/m1/s1. The molecule has 0 fully saturated rings. The number of benzene rings is 1. The third kappa shape index (κ3) is 10.6. The van der Waals surface area contributed by atoms with Crippen LogP contribution >= 0.6 is 0 Å². The van der Waals surface area contributed by atoms with Crippen molar-refractivity contribution >= 4 is 5.78 Å². The minimum atomic E-state index is -1.71. The van der Waals surface area contributed by atoms with Crippen molar-refractivity contribution in [1.82, 2.24) is 0 Å². The molecule has 31 heavy (non-hydrogen) atoms. The molecule has 6 N–H and O–H groups in total. The number of aliphatic hydroxyl groups is 3. The Morgan fingerprint density at radius 3 is 1.84 bits per heavy atom. The molecule has 178 valence electrons. The minimum Gasteiger partial charge on any atom is -0.507 e. The quantitative estimate of drug-likeness (QED) is 0.174. The Bertz CT molecular complexity index is 609. The van der Waals surface area contributed by atoms with Crippen molar-refractivity contribution in [3.05, 3.63) is 29.8 Å². The number of phenols is 1. The van der Waals surface area contributed by atoms with Crippen LogP contribution in [0.15, 0.2) is 24.3 Å². The minimum absolute atomic E-state index is 0.0619. The van der Waals surface area contributed by atoms with E-state index in [1.165, 1.54) is 69.9 Å². The van der Waals surface area contributed by atoms with Crippen molar-refractivity contribution < 1.29 is 25.2 Å². The molecule has 0 saturated heterocycles. The molecule has 6 heteroatoms. The van der Waals surface area contributed by atoms with Crippen LogP contribution in [0.1, 0.15) is 101 Å². The Labute approximate surface area is 187 Å². The van der Waals surface area contributed by atoms with E-state index in [0.717, 1.165) is 19.3 Å². The van der Waals surface area contributed by atoms with Gasteiger partial charge in [0.15, 0.2) is 5.78 Å². The fourth-order valence-electron chi connectivity index (χ4n) is 3.82. The topological polar surface area (TPSA) is 124 Å². The predicted molar refractivity (Wildman–Crippen MR) is 124 cm³/mol. The number of phenolic OH excluding ortho intramolecular Hbond substituents is 1. The van der Waals surface area contributed by atoms with Crippen molar-refractivity contribution in [2.75, 3.05) is 0 Å². The van der Waals surface area contributed by atoms with E-state index < -0.39 is 30.1 Å². The van der Waals surface area contributed by atoms with Gasteiger partial charge in [0.1, 0.15) is 11.9 Å². The molecule has 4 atom stereocenters. The molecule has 0 aromatic heterocycles. The molecule has 1 aromatic carbocycles. The number of aromatic hydroxyl groups is 1. The fourth-order valence-corrected chi connectivity index (χ4v) is 3.82. The summed E-state index contributed by atoms with van der Waals surface area (Å²) in [5, 5.41) is 40.4. The van der Waals surface area contributed by atoms with Gasteiger partial charge in [-0.3, -0.25) is 4.79 Å². The second kappa shape index (κ2) is 16.2. The number of hydrogen-bond acceptors (Lipinski definition) is 6. The third-order valence-corrected chi connectivity index (χ3v) is 5.94. The van der Waals surface area contributed by atoms with Gasteiger partial charge in [-0.1, -0.05) is 96.1 Å². The Morgan fingerprint density at radius 1 is 0.839 bits per heavy atom. The molecule has 0 radical (unpaired) electrons. The Morgan fingerprint density at radius 2 is 1.32 bits per heavy atom. The maximum atomic E-state index is 12.3. The van der Waals surface area contributed by atoms with Gasteiger partial charge in [-0.05, 0) is 18.6 Å². The van der Waals surface area contributed by atoms with Crippen LogP contribution in [0.4, 0.5) is 0 Å².